The number of hydrogen-bond acceptors (Lipinski definition) is 6. The Kier molecular flexibility index (Phi) is 6.71. The van der Waals surface area contributed by atoms with E-state index in [-0.39, 0.29) is 0 Å². The van der Waals surface area contributed by atoms with Crippen molar-refractivity contribution in [3.63, 3.8) is 0 Å². The molecule has 9 aromatic carbocycles. The fourth-order valence-corrected chi connectivity index (χ4v) is 9.63. The molecule has 0 radical (unpaired) electrons. The van der Waals surface area contributed by atoms with Crippen molar-refractivity contribution in [2.75, 3.05) is 0 Å². The highest BCUT2D eigenvalue weighted by atomic mass is 16.3. The molecular formula is C55H30N4O3. The van der Waals surface area contributed by atoms with Crippen molar-refractivity contribution in [3.8, 4) is 39.9 Å². The molecule has 0 aliphatic rings. The summed E-state index contributed by atoms with van der Waals surface area (Å²) in [4.78, 5) is 15.8. The van der Waals surface area contributed by atoms with E-state index in [0.717, 1.165) is 110 Å². The first-order valence-electron chi connectivity index (χ1n) is 20.7. The second-order valence-electron chi connectivity index (χ2n) is 15.9. The van der Waals surface area contributed by atoms with E-state index in [4.69, 9.17) is 28.2 Å². The molecule has 0 bridgehead atoms. The second-order valence-corrected chi connectivity index (χ2v) is 15.9. The fourth-order valence-electron chi connectivity index (χ4n) is 9.63. The molecule has 5 heterocycles. The number of nitrogens with zero attached hydrogens (tertiary/aromatic N) is 4. The van der Waals surface area contributed by atoms with Crippen LogP contribution in [0.2, 0.25) is 0 Å². The number of benzene rings is 9. The lowest BCUT2D eigenvalue weighted by Crippen LogP contribution is -2.07. The van der Waals surface area contributed by atoms with Gasteiger partial charge in [0.25, 0.3) is 0 Å². The topological polar surface area (TPSA) is 83.0 Å². The number of fused-ring (bicyclic) bond motifs is 14. The Morgan fingerprint density at radius 2 is 0.871 bits per heavy atom. The summed E-state index contributed by atoms with van der Waals surface area (Å²) in [6, 6.07) is 62.7. The Labute approximate surface area is 351 Å². The summed E-state index contributed by atoms with van der Waals surface area (Å²) < 4.78 is 21.5. The van der Waals surface area contributed by atoms with Gasteiger partial charge in [-0.2, -0.15) is 9.97 Å². The Morgan fingerprint density at radius 1 is 0.339 bits per heavy atom. The average Bonchev–Trinajstić information content (AvgIpc) is 4.09. The smallest absolute Gasteiger partial charge is 0.238 e. The first-order chi connectivity index (χ1) is 30.7. The highest BCUT2D eigenvalue weighted by molar-refractivity contribution is 6.20. The van der Waals surface area contributed by atoms with Crippen molar-refractivity contribution in [1.29, 1.82) is 0 Å². The van der Waals surface area contributed by atoms with Gasteiger partial charge < -0.3 is 13.3 Å². The maximum absolute atomic E-state index is 6.58. The van der Waals surface area contributed by atoms with Crippen LogP contribution in [0.4, 0.5) is 0 Å². The van der Waals surface area contributed by atoms with Gasteiger partial charge in [0.15, 0.2) is 11.6 Å². The lowest BCUT2D eigenvalue weighted by atomic mass is 9.99. The van der Waals surface area contributed by atoms with Crippen LogP contribution in [0.3, 0.4) is 0 Å². The molecule has 0 unspecified atom stereocenters. The van der Waals surface area contributed by atoms with Gasteiger partial charge in [-0.15, -0.1) is 0 Å². The third-order valence-electron chi connectivity index (χ3n) is 12.5. The summed E-state index contributed by atoms with van der Waals surface area (Å²) >= 11 is 0. The molecule has 0 saturated carbocycles. The maximum atomic E-state index is 6.58. The minimum Gasteiger partial charge on any atom is -0.456 e. The van der Waals surface area contributed by atoms with Gasteiger partial charge in [0, 0.05) is 59.8 Å². The van der Waals surface area contributed by atoms with Gasteiger partial charge in [-0.3, -0.25) is 4.57 Å². The second kappa shape index (κ2) is 12.5. The Hall–Kier alpha value is -8.55. The first kappa shape index (κ1) is 33.3. The van der Waals surface area contributed by atoms with Crippen LogP contribution in [0.25, 0.3) is 138 Å². The number of rotatable bonds is 4. The third-order valence-corrected chi connectivity index (χ3v) is 12.5. The molecule has 0 fully saturated rings. The van der Waals surface area contributed by atoms with Crippen molar-refractivity contribution in [2.24, 2.45) is 0 Å². The molecule has 0 spiro atoms. The van der Waals surface area contributed by atoms with Crippen LogP contribution in [0, 0.1) is 0 Å². The van der Waals surface area contributed by atoms with Gasteiger partial charge >= 0.3 is 0 Å². The number of para-hydroxylation sites is 4. The largest absolute Gasteiger partial charge is 0.456 e. The lowest BCUT2D eigenvalue weighted by Gasteiger charge is -2.13. The fraction of sp³-hybridized carbons (Fsp3) is 0. The summed E-state index contributed by atoms with van der Waals surface area (Å²) in [5, 5.41) is 11.0. The molecular weight excluding hydrogens is 765 g/mol. The molecule has 288 valence electrons. The van der Waals surface area contributed by atoms with E-state index in [1.54, 1.807) is 0 Å². The predicted molar refractivity (Wildman–Crippen MR) is 250 cm³/mol. The highest BCUT2D eigenvalue weighted by Crippen LogP contribution is 2.42. The van der Waals surface area contributed by atoms with Crippen LogP contribution in [-0.2, 0) is 0 Å². The van der Waals surface area contributed by atoms with E-state index < -0.39 is 0 Å². The molecule has 0 aliphatic heterocycles. The van der Waals surface area contributed by atoms with E-state index >= 15 is 0 Å². The Bertz CT molecular complexity index is 4060. The molecule has 62 heavy (non-hydrogen) atoms. The first-order valence-corrected chi connectivity index (χ1v) is 20.7. The summed E-state index contributed by atoms with van der Waals surface area (Å²) in [6.45, 7) is 0. The average molecular weight is 795 g/mol. The molecule has 0 aliphatic carbocycles. The van der Waals surface area contributed by atoms with Crippen LogP contribution in [-0.4, -0.2) is 19.5 Å². The number of furan rings is 3. The third kappa shape index (κ3) is 4.78. The summed E-state index contributed by atoms with van der Waals surface area (Å²) in [5.74, 6) is 1.54. The van der Waals surface area contributed by atoms with Gasteiger partial charge in [-0.05, 0) is 77.0 Å². The summed E-state index contributed by atoms with van der Waals surface area (Å²) in [7, 11) is 0. The van der Waals surface area contributed by atoms with Crippen LogP contribution in [0.15, 0.2) is 195 Å². The molecule has 0 N–H and O–H groups in total. The van der Waals surface area contributed by atoms with Crippen molar-refractivity contribution in [2.45, 2.75) is 0 Å². The minimum absolute atomic E-state index is 0.495. The van der Waals surface area contributed by atoms with Gasteiger partial charge in [0.05, 0.1) is 11.0 Å². The predicted octanol–water partition coefficient (Wildman–Crippen LogP) is 14.8. The maximum Gasteiger partial charge on any atom is 0.238 e. The zero-order chi connectivity index (χ0) is 40.5. The van der Waals surface area contributed by atoms with E-state index in [0.29, 0.717) is 17.6 Å². The van der Waals surface area contributed by atoms with E-state index in [9.17, 15) is 0 Å². The molecule has 14 aromatic rings. The summed E-state index contributed by atoms with van der Waals surface area (Å²) in [5.41, 5.74) is 10.6. The normalized spacial score (nSPS) is 12.2. The van der Waals surface area contributed by atoms with E-state index in [1.807, 2.05) is 48.5 Å². The highest BCUT2D eigenvalue weighted by Gasteiger charge is 2.22. The van der Waals surface area contributed by atoms with Gasteiger partial charge in [-0.25, -0.2) is 4.98 Å². The molecule has 14 rings (SSSR count). The zero-order valence-corrected chi connectivity index (χ0v) is 32.8. The van der Waals surface area contributed by atoms with Gasteiger partial charge in [0.1, 0.15) is 33.5 Å². The summed E-state index contributed by atoms with van der Waals surface area (Å²) in [6.07, 6.45) is 0. The molecule has 7 heteroatoms. The standard InChI is InChI=1S/C55H30N4O3/c1-2-11-35-31(10-1)23-27-47-51(35)43-26-20-32(28-50(43)62-47)36-15-9-16-42-37-12-3-6-17-44(37)59(52(36)42)55-57-53(33-21-24-40-38-13-4-7-18-45(38)60-48(40)29-33)56-54(58-55)34-22-25-41-39-14-5-8-19-46(39)61-49(41)30-34/h1-30H. The lowest BCUT2D eigenvalue weighted by molar-refractivity contribution is 0.668. The SMILES string of the molecule is c1ccc2c(c1)ccc1oc3cc(-c4cccc5c6ccccc6n(-c6nc(-c7ccc8c(c7)oc7ccccc78)nc(-c7ccc8c(c7)oc7ccccc78)n6)c45)ccc3c12. The Balaban J connectivity index is 1.02. The molecule has 5 aromatic heterocycles. The molecule has 0 atom stereocenters. The van der Waals surface area contributed by atoms with Crippen LogP contribution >= 0.6 is 0 Å². The molecule has 0 amide bonds. The van der Waals surface area contributed by atoms with E-state index in [2.05, 4.69) is 138 Å². The minimum atomic E-state index is 0.495. The number of aromatic nitrogens is 4. The van der Waals surface area contributed by atoms with E-state index in [1.165, 1.54) is 10.8 Å². The van der Waals surface area contributed by atoms with Crippen LogP contribution < -0.4 is 0 Å². The quantitative estimate of drug-likeness (QED) is 0.176. The van der Waals surface area contributed by atoms with Crippen molar-refractivity contribution in [3.05, 3.63) is 182 Å². The van der Waals surface area contributed by atoms with Crippen LogP contribution in [0.1, 0.15) is 0 Å². The number of hydrogen-bond donors (Lipinski definition) is 0. The monoisotopic (exact) mass is 794 g/mol. The van der Waals surface area contributed by atoms with Gasteiger partial charge in [-0.1, -0.05) is 121 Å². The zero-order valence-electron chi connectivity index (χ0n) is 32.8. The van der Waals surface area contributed by atoms with Gasteiger partial charge in [0.2, 0.25) is 5.95 Å². The molecule has 7 nitrogen and oxygen atoms in total. The Morgan fingerprint density at radius 3 is 1.60 bits per heavy atom. The molecule has 0 saturated heterocycles. The van der Waals surface area contributed by atoms with Crippen molar-refractivity contribution < 1.29 is 13.3 Å². The van der Waals surface area contributed by atoms with Crippen molar-refractivity contribution in [1.82, 2.24) is 19.5 Å². The van der Waals surface area contributed by atoms with Crippen LogP contribution in [0.5, 0.6) is 0 Å². The van der Waals surface area contributed by atoms with Crippen molar-refractivity contribution >= 4 is 98.4 Å².